The molecule has 3 rings (SSSR count). The average Bonchev–Trinajstić information content (AvgIpc) is 3.06. The van der Waals surface area contributed by atoms with E-state index in [1.165, 1.54) is 25.7 Å². The van der Waals surface area contributed by atoms with Gasteiger partial charge in [-0.3, -0.25) is 9.59 Å². The van der Waals surface area contributed by atoms with E-state index >= 15 is 0 Å². The summed E-state index contributed by atoms with van der Waals surface area (Å²) in [7, 11) is 3.89. The highest BCUT2D eigenvalue weighted by Gasteiger charge is 2.38. The Kier molecular flexibility index (Phi) is 10.2. The number of halogens is 2. The summed E-state index contributed by atoms with van der Waals surface area (Å²) >= 11 is 0. The quantitative estimate of drug-likeness (QED) is 0.647. The fourth-order valence-corrected chi connectivity index (χ4v) is 3.94. The zero-order valence-corrected chi connectivity index (χ0v) is 18.2. The molecule has 2 fully saturated rings. The number of nitrogens with one attached hydrogen (secondary N) is 3. The Morgan fingerprint density at radius 1 is 1.04 bits per heavy atom. The van der Waals surface area contributed by atoms with Crippen LogP contribution in [-0.2, 0) is 9.59 Å². The molecule has 1 aromatic carbocycles. The zero-order valence-electron chi connectivity index (χ0n) is 16.6. The van der Waals surface area contributed by atoms with E-state index in [0.717, 1.165) is 24.3 Å². The lowest BCUT2D eigenvalue weighted by Gasteiger charge is -2.24. The highest BCUT2D eigenvalue weighted by atomic mass is 35.5. The zero-order chi connectivity index (χ0) is 18.5. The summed E-state index contributed by atoms with van der Waals surface area (Å²) in [5.41, 5.74) is 1.51. The molecule has 0 spiro atoms. The van der Waals surface area contributed by atoms with Crippen LogP contribution in [0.4, 0.5) is 11.4 Å². The molecule has 2 amide bonds. The topological polar surface area (TPSA) is 73.5 Å². The van der Waals surface area contributed by atoms with Crippen LogP contribution in [0.2, 0.25) is 0 Å². The Bertz CT molecular complexity index is 626. The first-order valence-corrected chi connectivity index (χ1v) is 9.63. The molecule has 3 unspecified atom stereocenters. The first kappa shape index (κ1) is 24.7. The number of benzene rings is 1. The lowest BCUT2D eigenvalue weighted by molar-refractivity contribution is -0.118. The minimum absolute atomic E-state index is 0. The molecule has 1 heterocycles. The number of hydrogen-bond donors (Lipinski definition) is 3. The molecule has 1 aliphatic heterocycles. The number of nitrogens with zero attached hydrogens (tertiary/aromatic N) is 1. The molecule has 6 nitrogen and oxygen atoms in total. The van der Waals surface area contributed by atoms with Gasteiger partial charge in [-0.15, -0.1) is 24.8 Å². The Balaban J connectivity index is 0.00000196. The van der Waals surface area contributed by atoms with Crippen molar-refractivity contribution in [3.8, 4) is 0 Å². The summed E-state index contributed by atoms with van der Waals surface area (Å²) in [5.74, 6) is 0.690. The van der Waals surface area contributed by atoms with Crippen LogP contribution in [0, 0.1) is 5.92 Å². The highest BCUT2D eigenvalue weighted by Crippen LogP contribution is 2.33. The summed E-state index contributed by atoms with van der Waals surface area (Å²) in [4.78, 5) is 26.4. The maximum absolute atomic E-state index is 12.5. The lowest BCUT2D eigenvalue weighted by atomic mass is 9.85. The van der Waals surface area contributed by atoms with Crippen LogP contribution in [0.5, 0.6) is 0 Å². The fraction of sp³-hybridized carbons (Fsp3) is 0.600. The Labute approximate surface area is 180 Å². The SMILES string of the molecule is CN(C)CCC(=O)Nc1ccc(NC(=O)C2CC3CCCCC3N2)cc1.Cl.Cl. The molecule has 28 heavy (non-hydrogen) atoms. The third kappa shape index (κ3) is 6.92. The van der Waals surface area contributed by atoms with Crippen molar-refractivity contribution in [3.05, 3.63) is 24.3 Å². The number of hydrogen-bond acceptors (Lipinski definition) is 4. The number of carbonyl (C=O) groups excluding carboxylic acids is 2. The fourth-order valence-electron chi connectivity index (χ4n) is 3.94. The van der Waals surface area contributed by atoms with Gasteiger partial charge in [-0.05, 0) is 63.5 Å². The molecule has 158 valence electrons. The smallest absolute Gasteiger partial charge is 0.241 e. The van der Waals surface area contributed by atoms with Crippen molar-refractivity contribution in [2.45, 2.75) is 50.6 Å². The highest BCUT2D eigenvalue weighted by molar-refractivity contribution is 5.96. The van der Waals surface area contributed by atoms with E-state index in [1.807, 2.05) is 43.3 Å². The Morgan fingerprint density at radius 2 is 1.64 bits per heavy atom. The first-order valence-electron chi connectivity index (χ1n) is 9.63. The van der Waals surface area contributed by atoms with E-state index in [2.05, 4.69) is 16.0 Å². The van der Waals surface area contributed by atoms with Crippen molar-refractivity contribution in [2.24, 2.45) is 5.92 Å². The number of fused-ring (bicyclic) bond motifs is 1. The summed E-state index contributed by atoms with van der Waals surface area (Å²) in [6.07, 6.45) is 6.39. The predicted molar refractivity (Wildman–Crippen MR) is 119 cm³/mol. The van der Waals surface area contributed by atoms with Gasteiger partial charge in [0.15, 0.2) is 0 Å². The van der Waals surface area contributed by atoms with E-state index < -0.39 is 0 Å². The number of amides is 2. The van der Waals surface area contributed by atoms with Gasteiger partial charge in [-0.1, -0.05) is 12.8 Å². The average molecular weight is 431 g/mol. The van der Waals surface area contributed by atoms with Crippen LogP contribution in [0.1, 0.15) is 38.5 Å². The molecule has 3 atom stereocenters. The summed E-state index contributed by atoms with van der Waals surface area (Å²) in [5, 5.41) is 9.37. The predicted octanol–water partition coefficient (Wildman–Crippen LogP) is 3.28. The molecule has 0 aromatic heterocycles. The third-order valence-corrected chi connectivity index (χ3v) is 5.40. The number of anilines is 2. The van der Waals surface area contributed by atoms with Gasteiger partial charge in [-0.2, -0.15) is 0 Å². The Hall–Kier alpha value is -1.34. The van der Waals surface area contributed by atoms with E-state index in [-0.39, 0.29) is 42.7 Å². The van der Waals surface area contributed by atoms with Gasteiger partial charge in [0, 0.05) is 30.4 Å². The second-order valence-electron chi connectivity index (χ2n) is 7.77. The third-order valence-electron chi connectivity index (χ3n) is 5.40. The van der Waals surface area contributed by atoms with Crippen LogP contribution >= 0.6 is 24.8 Å². The standard InChI is InChI=1S/C20H30N4O2.2ClH/c1-24(2)12-11-19(25)21-15-7-9-16(10-8-15)22-20(26)18-13-14-5-3-4-6-17(14)23-18;;/h7-10,14,17-18,23H,3-6,11-13H2,1-2H3,(H,21,25)(H,22,26);2*1H. The van der Waals surface area contributed by atoms with E-state index in [0.29, 0.717) is 18.4 Å². The molecule has 3 N–H and O–H groups in total. The number of carbonyl (C=O) groups is 2. The van der Waals surface area contributed by atoms with E-state index in [4.69, 9.17) is 0 Å². The minimum Gasteiger partial charge on any atom is -0.326 e. The van der Waals surface area contributed by atoms with Crippen molar-refractivity contribution in [2.75, 3.05) is 31.3 Å². The first-order chi connectivity index (χ1) is 12.5. The van der Waals surface area contributed by atoms with E-state index in [1.54, 1.807) is 0 Å². The van der Waals surface area contributed by atoms with Crippen LogP contribution in [0.25, 0.3) is 0 Å². The molecule has 1 saturated heterocycles. The van der Waals surface area contributed by atoms with Crippen LogP contribution in [0.3, 0.4) is 0 Å². The summed E-state index contributed by atoms with van der Waals surface area (Å²) in [6, 6.07) is 7.74. The largest absolute Gasteiger partial charge is 0.326 e. The minimum atomic E-state index is -0.0893. The van der Waals surface area contributed by atoms with Crippen molar-refractivity contribution in [3.63, 3.8) is 0 Å². The van der Waals surface area contributed by atoms with Crippen LogP contribution in [0.15, 0.2) is 24.3 Å². The number of rotatable bonds is 6. The van der Waals surface area contributed by atoms with Gasteiger partial charge < -0.3 is 20.9 Å². The molecule has 0 radical (unpaired) electrons. The monoisotopic (exact) mass is 430 g/mol. The molecule has 2 aliphatic rings. The molecular formula is C20H32Cl2N4O2. The van der Waals surface area contributed by atoms with Gasteiger partial charge in [0.1, 0.15) is 0 Å². The maximum atomic E-state index is 12.5. The maximum Gasteiger partial charge on any atom is 0.241 e. The van der Waals surface area contributed by atoms with Gasteiger partial charge in [0.25, 0.3) is 0 Å². The second-order valence-corrected chi connectivity index (χ2v) is 7.77. The molecule has 0 bridgehead atoms. The molecule has 1 saturated carbocycles. The van der Waals surface area contributed by atoms with Crippen molar-refractivity contribution in [1.29, 1.82) is 0 Å². The normalized spacial score (nSPS) is 23.2. The lowest BCUT2D eigenvalue weighted by Crippen LogP contribution is -2.39. The van der Waals surface area contributed by atoms with Gasteiger partial charge in [-0.25, -0.2) is 0 Å². The Morgan fingerprint density at radius 3 is 2.25 bits per heavy atom. The van der Waals surface area contributed by atoms with E-state index in [9.17, 15) is 9.59 Å². The molecular weight excluding hydrogens is 399 g/mol. The molecule has 8 heteroatoms. The molecule has 1 aliphatic carbocycles. The van der Waals surface area contributed by atoms with Crippen molar-refractivity contribution >= 4 is 48.0 Å². The second kappa shape index (κ2) is 11.6. The molecule has 1 aromatic rings. The van der Waals surface area contributed by atoms with Crippen molar-refractivity contribution < 1.29 is 9.59 Å². The summed E-state index contributed by atoms with van der Waals surface area (Å²) < 4.78 is 0. The van der Waals surface area contributed by atoms with Crippen LogP contribution < -0.4 is 16.0 Å². The van der Waals surface area contributed by atoms with Gasteiger partial charge >= 0.3 is 0 Å². The summed E-state index contributed by atoms with van der Waals surface area (Å²) in [6.45, 7) is 0.719. The van der Waals surface area contributed by atoms with Crippen LogP contribution in [-0.4, -0.2) is 49.4 Å². The van der Waals surface area contributed by atoms with Gasteiger partial charge in [0.2, 0.25) is 11.8 Å². The van der Waals surface area contributed by atoms with Gasteiger partial charge in [0.05, 0.1) is 6.04 Å². The van der Waals surface area contributed by atoms with Crippen molar-refractivity contribution in [1.82, 2.24) is 10.2 Å².